The predicted molar refractivity (Wildman–Crippen MR) is 88.6 cm³/mol. The van der Waals surface area contributed by atoms with Crippen LogP contribution in [-0.4, -0.2) is 26.3 Å². The maximum Gasteiger partial charge on any atom is 0.261 e. The first kappa shape index (κ1) is 16.9. The highest BCUT2D eigenvalue weighted by molar-refractivity contribution is 14.1. The lowest BCUT2D eigenvalue weighted by molar-refractivity contribution is 0.415. The fraction of sp³-hybridized carbons (Fsp3) is 0.143. The van der Waals surface area contributed by atoms with Gasteiger partial charge in [-0.3, -0.25) is 4.55 Å². The number of halogens is 1. The third-order valence-electron chi connectivity index (χ3n) is 2.27. The Balaban J connectivity index is 0.000000347. The molecule has 4 nitrogen and oxygen atoms in total. The van der Waals surface area contributed by atoms with Gasteiger partial charge in [0.15, 0.2) is 0 Å². The van der Waals surface area contributed by atoms with Crippen LogP contribution in [0.1, 0.15) is 0 Å². The highest BCUT2D eigenvalue weighted by Crippen LogP contribution is 2.26. The molecule has 0 saturated heterocycles. The fourth-order valence-electron chi connectivity index (χ4n) is 1.47. The maximum atomic E-state index is 9.19. The van der Waals surface area contributed by atoms with Gasteiger partial charge in [-0.15, -0.1) is 0 Å². The van der Waals surface area contributed by atoms with Gasteiger partial charge in [-0.25, -0.2) is 0 Å². The van der Waals surface area contributed by atoms with Crippen molar-refractivity contribution >= 4 is 32.7 Å². The molecule has 0 saturated carbocycles. The third kappa shape index (κ3) is 6.36. The van der Waals surface area contributed by atoms with E-state index in [1.807, 2.05) is 12.1 Å². The van der Waals surface area contributed by atoms with Gasteiger partial charge in [0, 0.05) is 3.57 Å². The molecule has 2 aromatic carbocycles. The van der Waals surface area contributed by atoms with E-state index in [1.165, 1.54) is 14.7 Å². The Morgan fingerprint density at radius 3 is 2.00 bits per heavy atom. The fourth-order valence-corrected chi connectivity index (χ4v) is 2.16. The van der Waals surface area contributed by atoms with E-state index >= 15 is 0 Å². The molecule has 0 radical (unpaired) electrons. The third-order valence-corrected chi connectivity index (χ3v) is 3.22. The molecule has 0 aromatic heterocycles. The van der Waals surface area contributed by atoms with Gasteiger partial charge >= 0.3 is 0 Å². The lowest BCUT2D eigenvalue weighted by atomic mass is 10.1. The molecule has 0 heterocycles. The summed E-state index contributed by atoms with van der Waals surface area (Å²) in [5.74, 6) is 0.893. The summed E-state index contributed by atoms with van der Waals surface area (Å²) in [6, 6.07) is 16.5. The second kappa shape index (κ2) is 7.61. The number of hydrogen-bond acceptors (Lipinski definition) is 3. The molecule has 0 fully saturated rings. The van der Waals surface area contributed by atoms with E-state index in [0.717, 1.165) is 5.75 Å². The Hall–Kier alpha value is -1.12. The van der Waals surface area contributed by atoms with Crippen LogP contribution in [0.2, 0.25) is 0 Å². The van der Waals surface area contributed by atoms with Crippen molar-refractivity contribution in [1.82, 2.24) is 0 Å². The summed E-state index contributed by atoms with van der Waals surface area (Å²) >= 11 is 2.35. The van der Waals surface area contributed by atoms with Crippen LogP contribution < -0.4 is 4.74 Å². The second-order valence-electron chi connectivity index (χ2n) is 3.94. The first-order valence-corrected chi connectivity index (χ1v) is 8.55. The molecule has 108 valence electrons. The summed E-state index contributed by atoms with van der Waals surface area (Å²) in [5.41, 5.74) is 2.49. The van der Waals surface area contributed by atoms with Crippen molar-refractivity contribution in [3.63, 3.8) is 0 Å². The molecular weight excluding hydrogens is 391 g/mol. The standard InChI is InChI=1S/C13H11IO.CH4O3S/c1-15-11-8-6-10(7-9-11)12-4-2-3-5-13(12)14;1-5(2,3)4/h2-9H,1H3;1H3,(H,2,3,4). The Kier molecular flexibility index (Phi) is 6.44. The molecule has 1 N–H and O–H groups in total. The number of rotatable bonds is 2. The van der Waals surface area contributed by atoms with E-state index in [-0.39, 0.29) is 0 Å². The van der Waals surface area contributed by atoms with Gasteiger partial charge in [0.25, 0.3) is 10.1 Å². The molecule has 20 heavy (non-hydrogen) atoms. The van der Waals surface area contributed by atoms with E-state index in [1.54, 1.807) is 7.11 Å². The Bertz CT molecular complexity index is 643. The molecule has 0 aliphatic carbocycles. The lowest BCUT2D eigenvalue weighted by Crippen LogP contribution is -1.88. The van der Waals surface area contributed by atoms with Gasteiger partial charge in [-0.2, -0.15) is 8.42 Å². The van der Waals surface area contributed by atoms with E-state index in [9.17, 15) is 8.42 Å². The average Bonchev–Trinajstić information content (AvgIpc) is 2.38. The normalized spacial score (nSPS) is 10.4. The van der Waals surface area contributed by atoms with Crippen molar-refractivity contribution in [1.29, 1.82) is 0 Å². The lowest BCUT2D eigenvalue weighted by Gasteiger charge is -2.05. The van der Waals surface area contributed by atoms with Crippen molar-refractivity contribution in [3.8, 4) is 16.9 Å². The minimum Gasteiger partial charge on any atom is -0.497 e. The van der Waals surface area contributed by atoms with Crippen LogP contribution in [-0.2, 0) is 10.1 Å². The molecule has 6 heteroatoms. The highest BCUT2D eigenvalue weighted by Gasteiger charge is 2.01. The molecule has 0 unspecified atom stereocenters. The summed E-state index contributed by atoms with van der Waals surface area (Å²) in [5, 5.41) is 0. The number of methoxy groups -OCH3 is 1. The predicted octanol–water partition coefficient (Wildman–Crippen LogP) is 3.47. The van der Waals surface area contributed by atoms with Crippen LogP contribution in [0.3, 0.4) is 0 Å². The molecule has 0 amide bonds. The summed E-state index contributed by atoms with van der Waals surface area (Å²) in [6.45, 7) is 0. The minimum atomic E-state index is -3.67. The SMILES string of the molecule is COc1ccc(-c2ccccc2I)cc1.CS(=O)(=O)O. The Labute approximate surface area is 132 Å². The summed E-state index contributed by atoms with van der Waals surface area (Å²) in [7, 11) is -1.98. The smallest absolute Gasteiger partial charge is 0.261 e. The summed E-state index contributed by atoms with van der Waals surface area (Å²) < 4.78 is 32.3. The number of ether oxygens (including phenoxy) is 1. The molecule has 0 aliphatic rings. The largest absolute Gasteiger partial charge is 0.497 e. The van der Waals surface area contributed by atoms with Crippen LogP contribution in [0.15, 0.2) is 48.5 Å². The molecule has 2 rings (SSSR count). The van der Waals surface area contributed by atoms with Crippen LogP contribution >= 0.6 is 22.6 Å². The molecule has 0 atom stereocenters. The zero-order valence-corrected chi connectivity index (χ0v) is 14.1. The Morgan fingerprint density at radius 2 is 1.55 bits per heavy atom. The topological polar surface area (TPSA) is 63.6 Å². The zero-order valence-electron chi connectivity index (χ0n) is 11.1. The molecule has 0 spiro atoms. The maximum absolute atomic E-state index is 9.19. The minimum absolute atomic E-state index is 0.715. The van der Waals surface area contributed by atoms with Gasteiger partial charge in [-0.05, 0) is 51.9 Å². The van der Waals surface area contributed by atoms with Crippen LogP contribution in [0.25, 0.3) is 11.1 Å². The van der Waals surface area contributed by atoms with Crippen LogP contribution in [0, 0.1) is 3.57 Å². The molecule has 0 aliphatic heterocycles. The first-order valence-electron chi connectivity index (χ1n) is 5.62. The molecule has 0 bridgehead atoms. The van der Waals surface area contributed by atoms with Gasteiger partial charge in [0.1, 0.15) is 5.75 Å². The summed E-state index contributed by atoms with van der Waals surface area (Å²) in [6.07, 6.45) is 0.715. The van der Waals surface area contributed by atoms with Gasteiger partial charge < -0.3 is 4.74 Å². The quantitative estimate of drug-likeness (QED) is 0.613. The van der Waals surface area contributed by atoms with Gasteiger partial charge in [0.05, 0.1) is 13.4 Å². The van der Waals surface area contributed by atoms with Gasteiger partial charge in [-0.1, -0.05) is 30.3 Å². The van der Waals surface area contributed by atoms with Crippen molar-refractivity contribution in [3.05, 3.63) is 52.1 Å². The van der Waals surface area contributed by atoms with Gasteiger partial charge in [0.2, 0.25) is 0 Å². The van der Waals surface area contributed by atoms with Crippen LogP contribution in [0.4, 0.5) is 0 Å². The molecular formula is C14H15IO4S. The summed E-state index contributed by atoms with van der Waals surface area (Å²) in [4.78, 5) is 0. The first-order chi connectivity index (χ1) is 9.31. The van der Waals surface area contributed by atoms with Crippen molar-refractivity contribution in [2.45, 2.75) is 0 Å². The van der Waals surface area contributed by atoms with Crippen molar-refractivity contribution in [2.24, 2.45) is 0 Å². The average molecular weight is 406 g/mol. The van der Waals surface area contributed by atoms with E-state index in [0.29, 0.717) is 6.26 Å². The monoisotopic (exact) mass is 406 g/mol. The van der Waals surface area contributed by atoms with E-state index in [4.69, 9.17) is 9.29 Å². The molecule has 2 aromatic rings. The number of hydrogen-bond donors (Lipinski definition) is 1. The van der Waals surface area contributed by atoms with Crippen molar-refractivity contribution < 1.29 is 17.7 Å². The highest BCUT2D eigenvalue weighted by atomic mass is 127. The zero-order chi connectivity index (χ0) is 15.2. The van der Waals surface area contributed by atoms with Crippen molar-refractivity contribution in [2.75, 3.05) is 13.4 Å². The van der Waals surface area contributed by atoms with E-state index in [2.05, 4.69) is 59.0 Å². The number of benzene rings is 2. The Morgan fingerprint density at radius 1 is 1.05 bits per heavy atom. The second-order valence-corrected chi connectivity index (χ2v) is 6.57. The van der Waals surface area contributed by atoms with Crippen LogP contribution in [0.5, 0.6) is 5.75 Å². The van der Waals surface area contributed by atoms with E-state index < -0.39 is 10.1 Å².